The lowest BCUT2D eigenvalue weighted by molar-refractivity contribution is -0.121. The van der Waals surface area contributed by atoms with Crippen LogP contribution in [0.5, 0.6) is 0 Å². The van der Waals surface area contributed by atoms with Crippen molar-refractivity contribution < 1.29 is 4.79 Å². The molecule has 0 saturated heterocycles. The van der Waals surface area contributed by atoms with Crippen LogP contribution in [0.25, 0.3) is 10.9 Å². The summed E-state index contributed by atoms with van der Waals surface area (Å²) in [5, 5.41) is 12.5. The van der Waals surface area contributed by atoms with Gasteiger partial charge in [-0.2, -0.15) is 5.26 Å². The molecule has 0 saturated carbocycles. The van der Waals surface area contributed by atoms with Gasteiger partial charge in [-0.1, -0.05) is 18.2 Å². The number of para-hydroxylation sites is 1. The second kappa shape index (κ2) is 6.60. The maximum Gasteiger partial charge on any atom is 0.220 e. The fourth-order valence-corrected chi connectivity index (χ4v) is 2.09. The summed E-state index contributed by atoms with van der Waals surface area (Å²) >= 11 is 0. The number of aromatic amines is 1. The molecule has 0 spiro atoms. The maximum atomic E-state index is 11.5. The minimum Gasteiger partial charge on any atom is -0.361 e. The van der Waals surface area contributed by atoms with Gasteiger partial charge < -0.3 is 10.3 Å². The molecule has 2 rings (SSSR count). The number of rotatable bonds is 6. The molecule has 0 aliphatic heterocycles. The molecule has 19 heavy (non-hydrogen) atoms. The number of carbonyl (C=O) groups excluding carboxylic acids is 1. The van der Waals surface area contributed by atoms with Crippen molar-refractivity contribution in [1.82, 2.24) is 10.3 Å². The predicted octanol–water partition coefficient (Wildman–Crippen LogP) is 2.52. The van der Waals surface area contributed by atoms with E-state index in [1.165, 1.54) is 10.9 Å². The second-order valence-electron chi connectivity index (χ2n) is 4.47. The van der Waals surface area contributed by atoms with Crippen LogP contribution in [-0.2, 0) is 11.2 Å². The SMILES string of the molecule is N#CCCCC(=O)NCCc1c[nH]c2ccccc12. The van der Waals surface area contributed by atoms with Crippen molar-refractivity contribution in [2.24, 2.45) is 0 Å². The molecule has 0 radical (unpaired) electrons. The first-order valence-corrected chi connectivity index (χ1v) is 6.50. The Morgan fingerprint density at radius 2 is 2.21 bits per heavy atom. The van der Waals surface area contributed by atoms with Crippen LogP contribution >= 0.6 is 0 Å². The van der Waals surface area contributed by atoms with Crippen molar-refractivity contribution in [2.75, 3.05) is 6.54 Å². The van der Waals surface area contributed by atoms with E-state index in [2.05, 4.69) is 16.4 Å². The minimum atomic E-state index is 0.0232. The van der Waals surface area contributed by atoms with Crippen LogP contribution in [0, 0.1) is 11.3 Å². The Morgan fingerprint density at radius 3 is 3.05 bits per heavy atom. The molecule has 1 aromatic heterocycles. The number of unbranched alkanes of at least 4 members (excludes halogenated alkanes) is 1. The van der Waals surface area contributed by atoms with E-state index in [4.69, 9.17) is 5.26 Å². The Labute approximate surface area is 112 Å². The fourth-order valence-electron chi connectivity index (χ4n) is 2.09. The summed E-state index contributed by atoms with van der Waals surface area (Å²) in [5.41, 5.74) is 2.34. The summed E-state index contributed by atoms with van der Waals surface area (Å²) in [6.45, 7) is 0.632. The van der Waals surface area contributed by atoms with Crippen LogP contribution < -0.4 is 5.32 Å². The Balaban J connectivity index is 1.80. The van der Waals surface area contributed by atoms with Gasteiger partial charge in [0.05, 0.1) is 6.07 Å². The van der Waals surface area contributed by atoms with Gasteiger partial charge in [0.15, 0.2) is 0 Å². The van der Waals surface area contributed by atoms with Gasteiger partial charge in [0, 0.05) is 36.5 Å². The summed E-state index contributed by atoms with van der Waals surface area (Å²) in [5.74, 6) is 0.0232. The number of nitrogens with zero attached hydrogens (tertiary/aromatic N) is 1. The maximum absolute atomic E-state index is 11.5. The zero-order valence-electron chi connectivity index (χ0n) is 10.8. The van der Waals surface area contributed by atoms with Gasteiger partial charge in [0.1, 0.15) is 0 Å². The number of benzene rings is 1. The Morgan fingerprint density at radius 1 is 1.37 bits per heavy atom. The Hall–Kier alpha value is -2.28. The van der Waals surface area contributed by atoms with Crippen molar-refractivity contribution in [3.05, 3.63) is 36.0 Å². The molecule has 1 aromatic carbocycles. The molecular formula is C15H17N3O. The van der Waals surface area contributed by atoms with Crippen LogP contribution in [0.4, 0.5) is 0 Å². The van der Waals surface area contributed by atoms with Crippen LogP contribution in [0.2, 0.25) is 0 Å². The second-order valence-corrected chi connectivity index (χ2v) is 4.47. The molecule has 0 fully saturated rings. The van der Waals surface area contributed by atoms with Gasteiger partial charge in [-0.05, 0) is 24.5 Å². The largest absolute Gasteiger partial charge is 0.361 e. The van der Waals surface area contributed by atoms with E-state index < -0.39 is 0 Å². The number of hydrogen-bond donors (Lipinski definition) is 2. The van der Waals surface area contributed by atoms with Crippen molar-refractivity contribution in [3.63, 3.8) is 0 Å². The molecule has 0 atom stereocenters. The minimum absolute atomic E-state index is 0.0232. The van der Waals surface area contributed by atoms with E-state index >= 15 is 0 Å². The van der Waals surface area contributed by atoms with Gasteiger partial charge in [0.25, 0.3) is 0 Å². The van der Waals surface area contributed by atoms with Gasteiger partial charge in [-0.3, -0.25) is 4.79 Å². The van der Waals surface area contributed by atoms with Gasteiger partial charge in [-0.25, -0.2) is 0 Å². The molecular weight excluding hydrogens is 238 g/mol. The third-order valence-electron chi connectivity index (χ3n) is 3.08. The zero-order valence-corrected chi connectivity index (χ0v) is 10.8. The first-order valence-electron chi connectivity index (χ1n) is 6.50. The summed E-state index contributed by atoms with van der Waals surface area (Å²) in [6, 6.07) is 10.2. The molecule has 2 N–H and O–H groups in total. The molecule has 0 unspecified atom stereocenters. The number of nitrogens with one attached hydrogen (secondary N) is 2. The smallest absolute Gasteiger partial charge is 0.220 e. The van der Waals surface area contributed by atoms with Crippen molar-refractivity contribution in [1.29, 1.82) is 5.26 Å². The lowest BCUT2D eigenvalue weighted by atomic mass is 10.1. The van der Waals surface area contributed by atoms with E-state index in [0.29, 0.717) is 25.8 Å². The molecule has 2 aromatic rings. The third kappa shape index (κ3) is 3.59. The van der Waals surface area contributed by atoms with Gasteiger partial charge in [-0.15, -0.1) is 0 Å². The number of hydrogen-bond acceptors (Lipinski definition) is 2. The van der Waals surface area contributed by atoms with Crippen LogP contribution in [0.3, 0.4) is 0 Å². The van der Waals surface area contributed by atoms with Crippen molar-refractivity contribution >= 4 is 16.8 Å². The molecule has 1 amide bonds. The standard InChI is InChI=1S/C15H17N3O/c16-9-4-3-7-15(19)17-10-8-12-11-18-14-6-2-1-5-13(12)14/h1-2,5-6,11,18H,3-4,7-8,10H2,(H,17,19). The van der Waals surface area contributed by atoms with E-state index in [-0.39, 0.29) is 5.91 Å². The van der Waals surface area contributed by atoms with Crippen molar-refractivity contribution in [3.8, 4) is 6.07 Å². The molecule has 98 valence electrons. The number of fused-ring (bicyclic) bond motifs is 1. The lowest BCUT2D eigenvalue weighted by Gasteiger charge is -2.03. The molecule has 0 aliphatic carbocycles. The first kappa shape index (κ1) is 13.2. The molecule has 0 bridgehead atoms. The number of nitriles is 1. The van der Waals surface area contributed by atoms with Crippen molar-refractivity contribution in [2.45, 2.75) is 25.7 Å². The lowest BCUT2D eigenvalue weighted by Crippen LogP contribution is -2.25. The van der Waals surface area contributed by atoms with E-state index in [9.17, 15) is 4.79 Å². The predicted molar refractivity (Wildman–Crippen MR) is 74.5 cm³/mol. The monoisotopic (exact) mass is 255 g/mol. The highest BCUT2D eigenvalue weighted by atomic mass is 16.1. The van der Waals surface area contributed by atoms with Gasteiger partial charge in [0.2, 0.25) is 5.91 Å². The number of amides is 1. The third-order valence-corrected chi connectivity index (χ3v) is 3.08. The molecule has 1 heterocycles. The Bertz CT molecular complexity index is 595. The highest BCUT2D eigenvalue weighted by molar-refractivity contribution is 5.83. The van der Waals surface area contributed by atoms with Gasteiger partial charge >= 0.3 is 0 Å². The Kier molecular flexibility index (Phi) is 4.57. The normalized spacial score (nSPS) is 10.3. The summed E-state index contributed by atoms with van der Waals surface area (Å²) < 4.78 is 0. The first-order chi connectivity index (χ1) is 9.31. The fraction of sp³-hybridized carbons (Fsp3) is 0.333. The molecule has 0 aliphatic rings. The number of carbonyl (C=O) groups is 1. The van der Waals surface area contributed by atoms with Crippen LogP contribution in [0.15, 0.2) is 30.5 Å². The quantitative estimate of drug-likeness (QED) is 0.779. The number of aromatic nitrogens is 1. The highest BCUT2D eigenvalue weighted by Crippen LogP contribution is 2.17. The van der Waals surface area contributed by atoms with Crippen LogP contribution in [-0.4, -0.2) is 17.4 Å². The zero-order chi connectivity index (χ0) is 13.5. The number of H-pyrrole nitrogens is 1. The van der Waals surface area contributed by atoms with Crippen LogP contribution in [0.1, 0.15) is 24.8 Å². The summed E-state index contributed by atoms with van der Waals surface area (Å²) in [6.07, 6.45) is 4.31. The van der Waals surface area contributed by atoms with E-state index in [1.54, 1.807) is 0 Å². The average molecular weight is 255 g/mol. The van der Waals surface area contributed by atoms with E-state index in [1.807, 2.05) is 30.5 Å². The van der Waals surface area contributed by atoms with E-state index in [0.717, 1.165) is 11.9 Å². The molecule has 4 heteroatoms. The summed E-state index contributed by atoms with van der Waals surface area (Å²) in [7, 11) is 0. The molecule has 4 nitrogen and oxygen atoms in total. The highest BCUT2D eigenvalue weighted by Gasteiger charge is 2.04. The topological polar surface area (TPSA) is 68.7 Å². The average Bonchev–Trinajstić information content (AvgIpc) is 2.83. The summed E-state index contributed by atoms with van der Waals surface area (Å²) in [4.78, 5) is 14.7.